The van der Waals surface area contributed by atoms with E-state index in [-0.39, 0.29) is 12.3 Å². The highest BCUT2D eigenvalue weighted by molar-refractivity contribution is 7.16. The summed E-state index contributed by atoms with van der Waals surface area (Å²) in [6.45, 7) is 0. The maximum absolute atomic E-state index is 12.0. The first-order chi connectivity index (χ1) is 11.2. The van der Waals surface area contributed by atoms with E-state index < -0.39 is 0 Å². The first-order valence-electron chi connectivity index (χ1n) is 7.05. The van der Waals surface area contributed by atoms with Crippen molar-refractivity contribution >= 4 is 22.4 Å². The van der Waals surface area contributed by atoms with Crippen molar-refractivity contribution in [3.05, 3.63) is 71.2 Å². The van der Waals surface area contributed by atoms with Crippen molar-refractivity contribution in [3.8, 4) is 17.2 Å². The Bertz CT molecular complexity index is 848. The molecule has 5 heteroatoms. The number of nitriles is 1. The van der Waals surface area contributed by atoms with Crippen LogP contribution in [0.1, 0.15) is 10.4 Å². The Kier molecular flexibility index (Phi) is 4.46. The fourth-order valence-corrected chi connectivity index (χ4v) is 2.81. The molecule has 0 radical (unpaired) electrons. The molecule has 3 rings (SSSR count). The second-order valence-electron chi connectivity index (χ2n) is 4.93. The van der Waals surface area contributed by atoms with Gasteiger partial charge in [0.15, 0.2) is 5.13 Å². The quantitative estimate of drug-likeness (QED) is 0.794. The number of hydrogen-bond donors (Lipinski definition) is 1. The first-order valence-corrected chi connectivity index (χ1v) is 7.86. The minimum atomic E-state index is -0.142. The number of aromatic nitrogens is 1. The monoisotopic (exact) mass is 319 g/mol. The highest BCUT2D eigenvalue weighted by Crippen LogP contribution is 2.20. The highest BCUT2D eigenvalue weighted by atomic mass is 32.1. The molecular weight excluding hydrogens is 306 g/mol. The number of benzene rings is 2. The molecule has 0 atom stereocenters. The Balaban J connectivity index is 1.64. The zero-order valence-corrected chi connectivity index (χ0v) is 13.0. The van der Waals surface area contributed by atoms with E-state index in [9.17, 15) is 4.79 Å². The number of amides is 1. The predicted octanol–water partition coefficient (Wildman–Crippen LogP) is 3.86. The number of thiazole rings is 1. The lowest BCUT2D eigenvalue weighted by atomic mass is 10.0. The smallest absolute Gasteiger partial charge is 0.230 e. The second kappa shape index (κ2) is 6.86. The zero-order valence-electron chi connectivity index (χ0n) is 12.2. The third-order valence-corrected chi connectivity index (χ3v) is 4.11. The molecule has 2 aromatic carbocycles. The number of carbonyl (C=O) groups excluding carboxylic acids is 1. The molecule has 1 heterocycles. The molecule has 0 aliphatic heterocycles. The summed E-state index contributed by atoms with van der Waals surface area (Å²) >= 11 is 1.17. The van der Waals surface area contributed by atoms with Crippen molar-refractivity contribution in [1.29, 1.82) is 5.26 Å². The molecule has 3 aromatic rings. The Morgan fingerprint density at radius 1 is 1.09 bits per heavy atom. The predicted molar refractivity (Wildman–Crippen MR) is 91.0 cm³/mol. The van der Waals surface area contributed by atoms with Crippen LogP contribution in [-0.2, 0) is 11.2 Å². The minimum absolute atomic E-state index is 0.142. The van der Waals surface area contributed by atoms with Crippen LogP contribution in [0.15, 0.2) is 60.8 Å². The van der Waals surface area contributed by atoms with E-state index in [1.54, 1.807) is 0 Å². The fourth-order valence-electron chi connectivity index (χ4n) is 2.18. The van der Waals surface area contributed by atoms with Crippen molar-refractivity contribution in [2.45, 2.75) is 6.42 Å². The molecule has 0 saturated carbocycles. The molecule has 23 heavy (non-hydrogen) atoms. The van der Waals surface area contributed by atoms with Gasteiger partial charge >= 0.3 is 0 Å². The molecule has 1 amide bonds. The van der Waals surface area contributed by atoms with Crippen LogP contribution in [0.5, 0.6) is 0 Å². The second-order valence-corrected chi connectivity index (χ2v) is 5.96. The van der Waals surface area contributed by atoms with Gasteiger partial charge < -0.3 is 5.32 Å². The van der Waals surface area contributed by atoms with E-state index in [1.165, 1.54) is 17.5 Å². The molecule has 112 valence electrons. The fraction of sp³-hybridized carbons (Fsp3) is 0.0556. The lowest BCUT2D eigenvalue weighted by molar-refractivity contribution is -0.115. The zero-order chi connectivity index (χ0) is 16.1. The van der Waals surface area contributed by atoms with Crippen molar-refractivity contribution in [2.75, 3.05) is 5.32 Å². The SMILES string of the molecule is N#Cc1cnc(NC(=O)Cc2ccc(-c3ccccc3)cc2)s1. The van der Waals surface area contributed by atoms with Gasteiger partial charge in [0.05, 0.1) is 12.6 Å². The van der Waals surface area contributed by atoms with E-state index in [1.807, 2.05) is 48.5 Å². The number of hydrogen-bond acceptors (Lipinski definition) is 4. The van der Waals surface area contributed by atoms with Gasteiger partial charge in [0.1, 0.15) is 10.9 Å². The number of nitrogens with one attached hydrogen (secondary N) is 1. The van der Waals surface area contributed by atoms with Gasteiger partial charge in [0.2, 0.25) is 5.91 Å². The summed E-state index contributed by atoms with van der Waals surface area (Å²) in [5, 5.41) is 11.9. The number of rotatable bonds is 4. The minimum Gasteiger partial charge on any atom is -0.302 e. The topological polar surface area (TPSA) is 65.8 Å². The normalized spacial score (nSPS) is 10.0. The standard InChI is InChI=1S/C18H13N3OS/c19-11-16-12-20-18(23-16)21-17(22)10-13-6-8-15(9-7-13)14-4-2-1-3-5-14/h1-9,12H,10H2,(H,20,21,22). The van der Waals surface area contributed by atoms with Crippen LogP contribution >= 0.6 is 11.3 Å². The van der Waals surface area contributed by atoms with Gasteiger partial charge in [-0.15, -0.1) is 0 Å². The summed E-state index contributed by atoms with van der Waals surface area (Å²) in [5.74, 6) is -0.142. The van der Waals surface area contributed by atoms with Crippen molar-refractivity contribution in [1.82, 2.24) is 4.98 Å². The van der Waals surface area contributed by atoms with Gasteiger partial charge in [0, 0.05) is 0 Å². The molecule has 0 aliphatic rings. The number of nitrogens with zero attached hydrogens (tertiary/aromatic N) is 2. The van der Waals surface area contributed by atoms with Crippen LogP contribution in [0.2, 0.25) is 0 Å². The van der Waals surface area contributed by atoms with Crippen LogP contribution in [-0.4, -0.2) is 10.9 Å². The third kappa shape index (κ3) is 3.82. The summed E-state index contributed by atoms with van der Waals surface area (Å²) in [4.78, 5) is 16.5. The van der Waals surface area contributed by atoms with Crippen LogP contribution < -0.4 is 5.32 Å². The average molecular weight is 319 g/mol. The molecule has 0 saturated heterocycles. The van der Waals surface area contributed by atoms with E-state index in [0.717, 1.165) is 16.7 Å². The molecule has 0 aliphatic carbocycles. The summed E-state index contributed by atoms with van der Waals surface area (Å²) in [7, 11) is 0. The lowest BCUT2D eigenvalue weighted by Gasteiger charge is -2.05. The maximum atomic E-state index is 12.0. The van der Waals surface area contributed by atoms with E-state index in [0.29, 0.717) is 10.0 Å². The Morgan fingerprint density at radius 3 is 2.43 bits per heavy atom. The molecule has 1 N–H and O–H groups in total. The first kappa shape index (κ1) is 14.9. The largest absolute Gasteiger partial charge is 0.302 e. The van der Waals surface area contributed by atoms with E-state index in [4.69, 9.17) is 5.26 Å². The molecular formula is C18H13N3OS. The lowest BCUT2D eigenvalue weighted by Crippen LogP contribution is -2.14. The van der Waals surface area contributed by atoms with Gasteiger partial charge in [-0.3, -0.25) is 4.79 Å². The van der Waals surface area contributed by atoms with Gasteiger partial charge in [-0.05, 0) is 16.7 Å². The summed E-state index contributed by atoms with van der Waals surface area (Å²) in [6.07, 6.45) is 1.73. The van der Waals surface area contributed by atoms with Crippen LogP contribution in [0.25, 0.3) is 11.1 Å². The molecule has 0 unspecified atom stereocenters. The Hall–Kier alpha value is -2.97. The van der Waals surface area contributed by atoms with Crippen molar-refractivity contribution < 1.29 is 4.79 Å². The van der Waals surface area contributed by atoms with Crippen LogP contribution in [0.4, 0.5) is 5.13 Å². The van der Waals surface area contributed by atoms with E-state index in [2.05, 4.69) is 22.4 Å². The van der Waals surface area contributed by atoms with Gasteiger partial charge in [-0.2, -0.15) is 5.26 Å². The maximum Gasteiger partial charge on any atom is 0.230 e. The third-order valence-electron chi connectivity index (χ3n) is 3.29. The van der Waals surface area contributed by atoms with Crippen molar-refractivity contribution in [3.63, 3.8) is 0 Å². The van der Waals surface area contributed by atoms with Gasteiger partial charge in [-0.1, -0.05) is 65.9 Å². The average Bonchev–Trinajstić information content (AvgIpc) is 3.04. The van der Waals surface area contributed by atoms with Gasteiger partial charge in [0.25, 0.3) is 0 Å². The number of carbonyl (C=O) groups is 1. The van der Waals surface area contributed by atoms with Gasteiger partial charge in [-0.25, -0.2) is 4.98 Å². The summed E-state index contributed by atoms with van der Waals surface area (Å²) < 4.78 is 0. The summed E-state index contributed by atoms with van der Waals surface area (Å²) in [6, 6.07) is 20.0. The molecule has 0 fully saturated rings. The highest BCUT2D eigenvalue weighted by Gasteiger charge is 2.08. The Labute approximate surface area is 138 Å². The van der Waals surface area contributed by atoms with Crippen LogP contribution in [0, 0.1) is 11.3 Å². The molecule has 0 bridgehead atoms. The van der Waals surface area contributed by atoms with Crippen LogP contribution in [0.3, 0.4) is 0 Å². The Morgan fingerprint density at radius 2 is 1.78 bits per heavy atom. The number of anilines is 1. The molecule has 1 aromatic heterocycles. The summed E-state index contributed by atoms with van der Waals surface area (Å²) in [5.41, 5.74) is 3.20. The van der Waals surface area contributed by atoms with E-state index >= 15 is 0 Å². The van der Waals surface area contributed by atoms with Crippen molar-refractivity contribution in [2.24, 2.45) is 0 Å². The molecule has 4 nitrogen and oxygen atoms in total. The molecule has 0 spiro atoms.